The zero-order chi connectivity index (χ0) is 25.8. The first-order valence-corrected chi connectivity index (χ1v) is 11.7. The van der Waals surface area contributed by atoms with Gasteiger partial charge >= 0.3 is 12.1 Å². The van der Waals surface area contributed by atoms with Crippen LogP contribution in [0.4, 0.5) is 9.18 Å². The maximum atomic E-state index is 14.4. The van der Waals surface area contributed by atoms with Crippen LogP contribution < -0.4 is 4.74 Å². The summed E-state index contributed by atoms with van der Waals surface area (Å²) in [5.41, 5.74) is 0.855. The highest BCUT2D eigenvalue weighted by atomic mass is 19.1. The first-order chi connectivity index (χ1) is 16.5. The van der Waals surface area contributed by atoms with Crippen molar-refractivity contribution in [3.05, 3.63) is 59.2 Å². The average molecular weight is 488 g/mol. The molecular formula is C26H34FN3O5. The summed E-state index contributed by atoms with van der Waals surface area (Å²) in [6.07, 6.45) is 0.637. The molecule has 0 bridgehead atoms. The zero-order valence-electron chi connectivity index (χ0n) is 21.2. The number of aromatic nitrogens is 1. The summed E-state index contributed by atoms with van der Waals surface area (Å²) in [5, 5.41) is 0. The predicted molar refractivity (Wildman–Crippen MR) is 129 cm³/mol. The number of amides is 1. The van der Waals surface area contributed by atoms with Crippen molar-refractivity contribution >= 4 is 12.1 Å². The van der Waals surface area contributed by atoms with E-state index in [1.807, 2.05) is 33.8 Å². The van der Waals surface area contributed by atoms with Crippen molar-refractivity contribution in [1.29, 1.82) is 0 Å². The number of halogens is 1. The summed E-state index contributed by atoms with van der Waals surface area (Å²) in [6.45, 7) is 11.5. The molecule has 2 aromatic rings. The number of rotatable bonds is 6. The molecule has 0 saturated carbocycles. The van der Waals surface area contributed by atoms with Gasteiger partial charge in [-0.1, -0.05) is 12.1 Å². The number of methoxy groups -OCH3 is 1. The van der Waals surface area contributed by atoms with Crippen LogP contribution in [0.15, 0.2) is 36.5 Å². The molecule has 0 radical (unpaired) electrons. The Labute approximate surface area is 206 Å². The molecule has 190 valence electrons. The smallest absolute Gasteiger partial charge is 0.410 e. The Bertz CT molecular complexity index is 1040. The Balaban J connectivity index is 1.74. The topological polar surface area (TPSA) is 81.2 Å². The summed E-state index contributed by atoms with van der Waals surface area (Å²) in [4.78, 5) is 32.3. The lowest BCUT2D eigenvalue weighted by molar-refractivity contribution is -0.00301. The van der Waals surface area contributed by atoms with E-state index in [1.165, 1.54) is 25.4 Å². The molecule has 1 saturated heterocycles. The average Bonchev–Trinajstić information content (AvgIpc) is 2.79. The van der Waals surface area contributed by atoms with Crippen molar-refractivity contribution in [3.8, 4) is 5.75 Å². The molecule has 1 fully saturated rings. The third kappa shape index (κ3) is 7.14. The minimum absolute atomic E-state index is 0.0602. The highest BCUT2D eigenvalue weighted by Crippen LogP contribution is 2.26. The van der Waals surface area contributed by atoms with E-state index in [4.69, 9.17) is 9.47 Å². The largest absolute Gasteiger partial charge is 0.483 e. The Morgan fingerprint density at radius 2 is 1.94 bits per heavy atom. The van der Waals surface area contributed by atoms with E-state index in [-0.39, 0.29) is 23.6 Å². The normalized spacial score (nSPS) is 17.6. The third-order valence-corrected chi connectivity index (χ3v) is 5.74. The van der Waals surface area contributed by atoms with Crippen LogP contribution in [0.1, 0.15) is 55.4 Å². The highest BCUT2D eigenvalue weighted by molar-refractivity contribution is 5.87. The number of benzene rings is 1. The number of hydrogen-bond donors (Lipinski definition) is 0. The van der Waals surface area contributed by atoms with Crippen molar-refractivity contribution in [2.24, 2.45) is 0 Å². The Morgan fingerprint density at radius 3 is 2.51 bits per heavy atom. The molecule has 3 rings (SSSR count). The summed E-state index contributed by atoms with van der Waals surface area (Å²) >= 11 is 0. The first-order valence-electron chi connectivity index (χ1n) is 11.7. The minimum atomic E-state index is -0.556. The zero-order valence-corrected chi connectivity index (χ0v) is 21.2. The van der Waals surface area contributed by atoms with E-state index in [0.717, 1.165) is 0 Å². The third-order valence-electron chi connectivity index (χ3n) is 5.74. The van der Waals surface area contributed by atoms with E-state index >= 15 is 0 Å². The number of ether oxygens (including phenoxy) is 3. The monoisotopic (exact) mass is 487 g/mol. The van der Waals surface area contributed by atoms with Gasteiger partial charge in [-0.15, -0.1) is 0 Å². The van der Waals surface area contributed by atoms with Crippen molar-refractivity contribution < 1.29 is 28.2 Å². The fraction of sp³-hybridized carbons (Fsp3) is 0.500. The van der Waals surface area contributed by atoms with E-state index in [0.29, 0.717) is 43.1 Å². The van der Waals surface area contributed by atoms with Crippen LogP contribution in [-0.4, -0.2) is 71.8 Å². The lowest BCUT2D eigenvalue weighted by atomic mass is 10.0. The predicted octanol–water partition coefficient (Wildman–Crippen LogP) is 4.38. The van der Waals surface area contributed by atoms with Crippen LogP contribution >= 0.6 is 0 Å². The van der Waals surface area contributed by atoms with Crippen molar-refractivity contribution in [3.63, 3.8) is 0 Å². The summed E-state index contributed by atoms with van der Waals surface area (Å²) < 4.78 is 30.8. The number of carbonyl (C=O) groups excluding carboxylic acids is 2. The fourth-order valence-electron chi connectivity index (χ4n) is 3.88. The number of pyridine rings is 1. The second-order valence-corrected chi connectivity index (χ2v) is 9.77. The molecule has 1 amide bonds. The van der Waals surface area contributed by atoms with Gasteiger partial charge in [0.1, 0.15) is 29.0 Å². The van der Waals surface area contributed by atoms with Gasteiger partial charge in [-0.05, 0) is 63.9 Å². The summed E-state index contributed by atoms with van der Waals surface area (Å²) in [5.74, 6) is -0.395. The van der Waals surface area contributed by atoms with Gasteiger partial charge in [0.25, 0.3) is 0 Å². The number of hydrogen-bond acceptors (Lipinski definition) is 7. The Kier molecular flexibility index (Phi) is 8.32. The SMILES string of the molecule is COC(=O)c1ccc(OC(CN2CCN(C(=O)OC(C)(C)C)[C@H](C)C2)c2ccc(C)c(F)c2)cn1. The van der Waals surface area contributed by atoms with Crippen LogP contribution in [0, 0.1) is 12.7 Å². The summed E-state index contributed by atoms with van der Waals surface area (Å²) in [7, 11) is 1.29. The molecule has 0 N–H and O–H groups in total. The molecule has 9 heteroatoms. The molecule has 1 aliphatic heterocycles. The number of piperazine rings is 1. The van der Waals surface area contributed by atoms with E-state index in [1.54, 1.807) is 24.0 Å². The van der Waals surface area contributed by atoms with Crippen molar-refractivity contribution in [2.45, 2.75) is 52.4 Å². The molecule has 0 aliphatic carbocycles. The van der Waals surface area contributed by atoms with Gasteiger partial charge in [-0.3, -0.25) is 4.90 Å². The molecule has 2 atom stereocenters. The van der Waals surface area contributed by atoms with Crippen LogP contribution in [0.5, 0.6) is 5.75 Å². The molecule has 2 heterocycles. The van der Waals surface area contributed by atoms with Crippen molar-refractivity contribution in [2.75, 3.05) is 33.3 Å². The molecule has 1 aromatic carbocycles. The highest BCUT2D eigenvalue weighted by Gasteiger charge is 2.32. The van der Waals surface area contributed by atoms with Crippen LogP contribution in [0.2, 0.25) is 0 Å². The standard InChI is InChI=1S/C26H34FN3O5/c1-17-7-8-19(13-21(17)27)23(34-20-9-10-22(28-14-20)24(31)33-6)16-29-11-12-30(18(2)15-29)25(32)35-26(3,4)5/h7-10,13-14,18,23H,11-12,15-16H2,1-6H3/t18-,23?/m1/s1. The molecule has 0 spiro atoms. The maximum absolute atomic E-state index is 14.4. The molecule has 8 nitrogen and oxygen atoms in total. The number of aryl methyl sites for hydroxylation is 1. The molecule has 1 unspecified atom stereocenters. The second-order valence-electron chi connectivity index (χ2n) is 9.77. The van der Waals surface area contributed by atoms with E-state index < -0.39 is 17.7 Å². The van der Waals surface area contributed by atoms with Gasteiger partial charge in [-0.2, -0.15) is 0 Å². The van der Waals surface area contributed by atoms with E-state index in [9.17, 15) is 14.0 Å². The van der Waals surface area contributed by atoms with Crippen LogP contribution in [-0.2, 0) is 9.47 Å². The lowest BCUT2D eigenvalue weighted by Crippen LogP contribution is -2.55. The molecule has 1 aromatic heterocycles. The van der Waals surface area contributed by atoms with Gasteiger partial charge in [0.15, 0.2) is 0 Å². The second kappa shape index (κ2) is 11.0. The maximum Gasteiger partial charge on any atom is 0.410 e. The number of carbonyl (C=O) groups is 2. The fourth-order valence-corrected chi connectivity index (χ4v) is 3.88. The van der Waals surface area contributed by atoms with Gasteiger partial charge in [0.05, 0.1) is 13.3 Å². The first kappa shape index (κ1) is 26.4. The van der Waals surface area contributed by atoms with Gasteiger partial charge in [-0.25, -0.2) is 19.0 Å². The Morgan fingerprint density at radius 1 is 1.20 bits per heavy atom. The molecule has 35 heavy (non-hydrogen) atoms. The summed E-state index contributed by atoms with van der Waals surface area (Å²) in [6, 6.07) is 8.16. The number of nitrogens with zero attached hydrogens (tertiary/aromatic N) is 3. The van der Waals surface area contributed by atoms with Crippen molar-refractivity contribution in [1.82, 2.24) is 14.8 Å². The van der Waals surface area contributed by atoms with Crippen LogP contribution in [0.3, 0.4) is 0 Å². The Hall–Kier alpha value is -3.20. The van der Waals surface area contributed by atoms with Gasteiger partial charge in [0.2, 0.25) is 0 Å². The lowest BCUT2D eigenvalue weighted by Gasteiger charge is -2.41. The van der Waals surface area contributed by atoms with Crippen LogP contribution in [0.25, 0.3) is 0 Å². The minimum Gasteiger partial charge on any atom is -0.483 e. The number of esters is 1. The quantitative estimate of drug-likeness (QED) is 0.560. The van der Waals surface area contributed by atoms with Gasteiger partial charge in [0, 0.05) is 32.2 Å². The molecular weight excluding hydrogens is 453 g/mol. The van der Waals surface area contributed by atoms with E-state index in [2.05, 4.69) is 14.6 Å². The van der Waals surface area contributed by atoms with Gasteiger partial charge < -0.3 is 19.1 Å². The molecule has 1 aliphatic rings.